The minimum Gasteiger partial charge on any atom is -0.334 e. The largest absolute Gasteiger partial charge is 0.334 e. The third-order valence-electron chi connectivity index (χ3n) is 3.37. The Hall–Kier alpha value is -2.69. The molecule has 0 aliphatic rings. The minimum absolute atomic E-state index is 0.0387. The van der Waals surface area contributed by atoms with E-state index in [9.17, 15) is 4.79 Å². The Kier molecular flexibility index (Phi) is 3.39. The number of fused-ring (bicyclic) bond motifs is 1. The Morgan fingerprint density at radius 1 is 1.19 bits per heavy atom. The van der Waals surface area contributed by atoms with E-state index >= 15 is 0 Å². The summed E-state index contributed by atoms with van der Waals surface area (Å²) in [4.78, 5) is 18.3. The molecule has 0 atom stereocenters. The maximum absolute atomic E-state index is 12.5. The van der Waals surface area contributed by atoms with Crippen molar-refractivity contribution in [3.8, 4) is 0 Å². The van der Waals surface area contributed by atoms with Crippen molar-refractivity contribution < 1.29 is 4.79 Å². The fourth-order valence-corrected chi connectivity index (χ4v) is 2.29. The number of H-pyrrole nitrogens is 1. The molecule has 0 bridgehead atoms. The predicted molar refractivity (Wildman–Crippen MR) is 80.9 cm³/mol. The quantitative estimate of drug-likeness (QED) is 0.802. The van der Waals surface area contributed by atoms with E-state index in [1.807, 2.05) is 49.4 Å². The number of aromatic amines is 1. The zero-order chi connectivity index (χ0) is 14.8. The molecular formula is C16H16N4O. The van der Waals surface area contributed by atoms with E-state index in [-0.39, 0.29) is 5.91 Å². The first-order valence-corrected chi connectivity index (χ1v) is 6.75. The van der Waals surface area contributed by atoms with E-state index in [0.717, 1.165) is 16.6 Å². The van der Waals surface area contributed by atoms with Gasteiger partial charge in [0.25, 0.3) is 5.91 Å². The van der Waals surface area contributed by atoms with E-state index in [2.05, 4.69) is 15.2 Å². The van der Waals surface area contributed by atoms with Crippen molar-refractivity contribution in [2.75, 3.05) is 7.05 Å². The van der Waals surface area contributed by atoms with E-state index in [1.165, 1.54) is 0 Å². The lowest BCUT2D eigenvalue weighted by molar-refractivity contribution is 0.0782. The van der Waals surface area contributed by atoms with E-state index < -0.39 is 0 Å². The van der Waals surface area contributed by atoms with Crippen molar-refractivity contribution in [1.82, 2.24) is 20.1 Å². The summed E-state index contributed by atoms with van der Waals surface area (Å²) >= 11 is 0. The number of nitrogens with one attached hydrogen (secondary N) is 1. The molecular weight excluding hydrogens is 264 g/mol. The summed E-state index contributed by atoms with van der Waals surface area (Å²) in [6, 6.07) is 13.7. The second-order valence-electron chi connectivity index (χ2n) is 5.06. The molecule has 0 aliphatic carbocycles. The van der Waals surface area contributed by atoms with Crippen LogP contribution in [0.1, 0.15) is 22.0 Å². The summed E-state index contributed by atoms with van der Waals surface area (Å²) in [5, 5.41) is 9.02. The molecule has 0 radical (unpaired) electrons. The normalized spacial score (nSPS) is 10.8. The number of amides is 1. The fourth-order valence-electron chi connectivity index (χ4n) is 2.29. The molecule has 0 aliphatic heterocycles. The number of hydrogen-bond donors (Lipinski definition) is 1. The number of carbonyl (C=O) groups excluding carboxylic acids is 1. The number of nitrogens with zero attached hydrogens (tertiary/aromatic N) is 3. The van der Waals surface area contributed by atoms with E-state index in [1.54, 1.807) is 11.9 Å². The lowest BCUT2D eigenvalue weighted by Crippen LogP contribution is -2.26. The first-order chi connectivity index (χ1) is 10.1. The SMILES string of the molecule is Cc1nc(CN(C)C(=O)c2ccc3ccccc3c2)n[nH]1. The number of carbonyl (C=O) groups is 1. The second-order valence-corrected chi connectivity index (χ2v) is 5.06. The van der Waals surface area contributed by atoms with Crippen LogP contribution in [0.5, 0.6) is 0 Å². The summed E-state index contributed by atoms with van der Waals surface area (Å²) in [7, 11) is 1.75. The Bertz CT molecular complexity index is 794. The molecule has 2 aromatic carbocycles. The van der Waals surface area contributed by atoms with Crippen molar-refractivity contribution in [2.45, 2.75) is 13.5 Å². The van der Waals surface area contributed by atoms with Crippen molar-refractivity contribution >= 4 is 16.7 Å². The number of aromatic nitrogens is 3. The number of hydrogen-bond acceptors (Lipinski definition) is 3. The number of rotatable bonds is 3. The van der Waals surface area contributed by atoms with Gasteiger partial charge in [0.15, 0.2) is 5.82 Å². The molecule has 0 saturated carbocycles. The van der Waals surface area contributed by atoms with Crippen LogP contribution in [0.4, 0.5) is 0 Å². The van der Waals surface area contributed by atoms with Gasteiger partial charge >= 0.3 is 0 Å². The molecule has 21 heavy (non-hydrogen) atoms. The summed E-state index contributed by atoms with van der Waals surface area (Å²) in [6.07, 6.45) is 0. The van der Waals surface area contributed by atoms with Crippen LogP contribution in [0.25, 0.3) is 10.8 Å². The molecule has 0 spiro atoms. The lowest BCUT2D eigenvalue weighted by atomic mass is 10.1. The molecule has 1 amide bonds. The van der Waals surface area contributed by atoms with Crippen LogP contribution in [-0.2, 0) is 6.54 Å². The third kappa shape index (κ3) is 2.76. The standard InChI is InChI=1S/C16H16N4O/c1-11-17-15(19-18-11)10-20(2)16(21)14-8-7-12-5-3-4-6-13(12)9-14/h3-9H,10H2,1-2H3,(H,17,18,19). The molecule has 5 nitrogen and oxygen atoms in total. The fraction of sp³-hybridized carbons (Fsp3) is 0.188. The van der Waals surface area contributed by atoms with Crippen LogP contribution in [0, 0.1) is 6.92 Å². The molecule has 1 N–H and O–H groups in total. The molecule has 1 aromatic heterocycles. The molecule has 3 rings (SSSR count). The first kappa shape index (κ1) is 13.3. The smallest absolute Gasteiger partial charge is 0.254 e. The van der Waals surface area contributed by atoms with Gasteiger partial charge < -0.3 is 4.90 Å². The number of aryl methyl sites for hydroxylation is 1. The molecule has 0 unspecified atom stereocenters. The highest BCUT2D eigenvalue weighted by molar-refractivity contribution is 5.98. The average molecular weight is 280 g/mol. The van der Waals surface area contributed by atoms with Gasteiger partial charge in [-0.05, 0) is 29.8 Å². The zero-order valence-corrected chi connectivity index (χ0v) is 12.0. The highest BCUT2D eigenvalue weighted by Crippen LogP contribution is 2.17. The van der Waals surface area contributed by atoms with Crippen LogP contribution in [0.15, 0.2) is 42.5 Å². The second kappa shape index (κ2) is 5.36. The van der Waals surface area contributed by atoms with Gasteiger partial charge in [-0.3, -0.25) is 9.89 Å². The first-order valence-electron chi connectivity index (χ1n) is 6.75. The van der Waals surface area contributed by atoms with Gasteiger partial charge in [0.2, 0.25) is 0 Å². The molecule has 3 aromatic rings. The van der Waals surface area contributed by atoms with Crippen molar-refractivity contribution in [2.24, 2.45) is 0 Å². The zero-order valence-electron chi connectivity index (χ0n) is 12.0. The van der Waals surface area contributed by atoms with Gasteiger partial charge in [0.1, 0.15) is 5.82 Å². The molecule has 0 saturated heterocycles. The van der Waals surface area contributed by atoms with Gasteiger partial charge in [0, 0.05) is 12.6 Å². The highest BCUT2D eigenvalue weighted by atomic mass is 16.2. The highest BCUT2D eigenvalue weighted by Gasteiger charge is 2.14. The monoisotopic (exact) mass is 280 g/mol. The minimum atomic E-state index is -0.0387. The van der Waals surface area contributed by atoms with Crippen LogP contribution < -0.4 is 0 Å². The summed E-state index contributed by atoms with van der Waals surface area (Å²) in [6.45, 7) is 2.22. The van der Waals surface area contributed by atoms with E-state index in [4.69, 9.17) is 0 Å². The summed E-state index contributed by atoms with van der Waals surface area (Å²) in [5.41, 5.74) is 0.670. The van der Waals surface area contributed by atoms with Crippen LogP contribution >= 0.6 is 0 Å². The molecule has 5 heteroatoms. The van der Waals surface area contributed by atoms with Gasteiger partial charge in [0.05, 0.1) is 6.54 Å². The summed E-state index contributed by atoms with van der Waals surface area (Å²) in [5.74, 6) is 1.32. The van der Waals surface area contributed by atoms with Gasteiger partial charge in [-0.1, -0.05) is 30.3 Å². The molecule has 0 fully saturated rings. The van der Waals surface area contributed by atoms with Crippen molar-refractivity contribution in [1.29, 1.82) is 0 Å². The Balaban J connectivity index is 1.82. The predicted octanol–water partition coefficient (Wildman–Crippen LogP) is 2.54. The average Bonchev–Trinajstić information content (AvgIpc) is 2.91. The van der Waals surface area contributed by atoms with Crippen molar-refractivity contribution in [3.05, 3.63) is 59.7 Å². The Morgan fingerprint density at radius 3 is 2.67 bits per heavy atom. The van der Waals surface area contributed by atoms with Crippen LogP contribution in [-0.4, -0.2) is 33.0 Å². The Morgan fingerprint density at radius 2 is 1.95 bits per heavy atom. The van der Waals surface area contributed by atoms with Crippen LogP contribution in [0.2, 0.25) is 0 Å². The van der Waals surface area contributed by atoms with E-state index in [0.29, 0.717) is 17.9 Å². The van der Waals surface area contributed by atoms with Gasteiger partial charge in [-0.2, -0.15) is 5.10 Å². The molecule has 1 heterocycles. The Labute approximate surface area is 122 Å². The summed E-state index contributed by atoms with van der Waals surface area (Å²) < 4.78 is 0. The number of benzene rings is 2. The van der Waals surface area contributed by atoms with Gasteiger partial charge in [-0.15, -0.1) is 0 Å². The van der Waals surface area contributed by atoms with Crippen molar-refractivity contribution in [3.63, 3.8) is 0 Å². The maximum atomic E-state index is 12.5. The molecule has 106 valence electrons. The maximum Gasteiger partial charge on any atom is 0.254 e. The topological polar surface area (TPSA) is 61.9 Å². The third-order valence-corrected chi connectivity index (χ3v) is 3.37. The van der Waals surface area contributed by atoms with Crippen LogP contribution in [0.3, 0.4) is 0 Å². The lowest BCUT2D eigenvalue weighted by Gasteiger charge is -2.15. The van der Waals surface area contributed by atoms with Gasteiger partial charge in [-0.25, -0.2) is 4.98 Å².